The molecule has 1 unspecified atom stereocenters. The van der Waals surface area contributed by atoms with E-state index in [2.05, 4.69) is 0 Å². The Bertz CT molecular complexity index is 228. The molecule has 0 radical (unpaired) electrons. The van der Waals surface area contributed by atoms with E-state index < -0.39 is 0 Å². The molecule has 0 aliphatic rings. The van der Waals surface area contributed by atoms with Gasteiger partial charge in [0.25, 0.3) is 0 Å². The maximum absolute atomic E-state index is 11.1. The van der Waals surface area contributed by atoms with E-state index in [-0.39, 0.29) is 11.0 Å². The molecule has 1 rings (SSSR count). The Morgan fingerprint density at radius 2 is 2.45 bits per heavy atom. The van der Waals surface area contributed by atoms with Crippen molar-refractivity contribution in [2.75, 3.05) is 6.26 Å². The molecule has 0 aromatic carbocycles. The van der Waals surface area contributed by atoms with Gasteiger partial charge >= 0.3 is 0 Å². The molecular weight excluding hydrogens is 176 g/mol. The fourth-order valence-electron chi connectivity index (χ4n) is 0.961. The van der Waals surface area contributed by atoms with Gasteiger partial charge in [-0.3, -0.25) is 4.79 Å². The zero-order valence-electron chi connectivity index (χ0n) is 6.53. The number of hydrogen-bond donors (Lipinski definition) is 0. The molecule has 11 heavy (non-hydrogen) atoms. The molecule has 1 aromatic heterocycles. The lowest BCUT2D eigenvalue weighted by atomic mass is 10.2. The van der Waals surface area contributed by atoms with Crippen LogP contribution >= 0.6 is 23.1 Å². The van der Waals surface area contributed by atoms with Gasteiger partial charge in [-0.2, -0.15) is 11.3 Å². The molecule has 0 N–H and O–H groups in total. The van der Waals surface area contributed by atoms with Crippen LogP contribution < -0.4 is 0 Å². The van der Waals surface area contributed by atoms with Gasteiger partial charge in [-0.15, -0.1) is 11.8 Å². The van der Waals surface area contributed by atoms with Crippen molar-refractivity contribution in [2.45, 2.75) is 12.2 Å². The average Bonchev–Trinajstić information content (AvgIpc) is 2.40. The van der Waals surface area contributed by atoms with Gasteiger partial charge in [-0.25, -0.2) is 0 Å². The molecule has 0 aliphatic heterocycles. The highest BCUT2D eigenvalue weighted by Crippen LogP contribution is 2.28. The summed E-state index contributed by atoms with van der Waals surface area (Å²) in [6.07, 6.45) is 1.96. The zero-order valence-corrected chi connectivity index (χ0v) is 8.17. The Hall–Kier alpha value is -0.280. The van der Waals surface area contributed by atoms with Crippen LogP contribution in [-0.4, -0.2) is 12.0 Å². The molecule has 1 aromatic rings. The second-order valence-electron chi connectivity index (χ2n) is 2.28. The summed E-state index contributed by atoms with van der Waals surface area (Å²) in [5.74, 6) is 0.232. The van der Waals surface area contributed by atoms with Gasteiger partial charge in [-0.1, -0.05) is 0 Å². The molecule has 0 spiro atoms. The number of rotatable bonds is 3. The predicted molar refractivity (Wildman–Crippen MR) is 51.3 cm³/mol. The smallest absolute Gasteiger partial charge is 0.147 e. The van der Waals surface area contributed by atoms with Crippen LogP contribution in [0.3, 0.4) is 0 Å². The van der Waals surface area contributed by atoms with Crippen LogP contribution in [0.15, 0.2) is 16.8 Å². The molecule has 0 saturated heterocycles. The third kappa shape index (κ3) is 2.07. The number of thioether (sulfide) groups is 1. The minimum Gasteiger partial charge on any atom is -0.298 e. The zero-order chi connectivity index (χ0) is 8.27. The maximum atomic E-state index is 11.1. The standard InChI is InChI=1S/C8H10OS2/c1-6(9)8(10-2)7-3-4-11-5-7/h3-5,8H,1-2H3. The predicted octanol–water partition coefficient (Wildman–Crippen LogP) is 2.74. The lowest BCUT2D eigenvalue weighted by Crippen LogP contribution is -2.02. The molecule has 0 aliphatic carbocycles. The van der Waals surface area contributed by atoms with Crippen molar-refractivity contribution in [1.29, 1.82) is 0 Å². The van der Waals surface area contributed by atoms with E-state index in [1.54, 1.807) is 30.0 Å². The van der Waals surface area contributed by atoms with Crippen LogP contribution in [-0.2, 0) is 4.79 Å². The second kappa shape index (κ2) is 3.93. The van der Waals surface area contributed by atoms with Gasteiger partial charge in [0.2, 0.25) is 0 Å². The van der Waals surface area contributed by atoms with E-state index in [1.807, 2.05) is 23.1 Å². The second-order valence-corrected chi connectivity index (χ2v) is 4.01. The van der Waals surface area contributed by atoms with Crippen LogP contribution in [0.2, 0.25) is 0 Å². The van der Waals surface area contributed by atoms with Crippen LogP contribution in [0.1, 0.15) is 17.7 Å². The summed E-state index contributed by atoms with van der Waals surface area (Å²) in [5.41, 5.74) is 1.13. The number of carbonyl (C=O) groups is 1. The molecule has 1 nitrogen and oxygen atoms in total. The van der Waals surface area contributed by atoms with Crippen molar-refractivity contribution in [3.05, 3.63) is 22.4 Å². The number of ketones is 1. The van der Waals surface area contributed by atoms with E-state index in [0.29, 0.717) is 0 Å². The third-order valence-corrected chi connectivity index (χ3v) is 3.23. The van der Waals surface area contributed by atoms with E-state index in [0.717, 1.165) is 5.56 Å². The van der Waals surface area contributed by atoms with Crippen LogP contribution in [0.5, 0.6) is 0 Å². The number of carbonyl (C=O) groups excluding carboxylic acids is 1. The summed E-state index contributed by atoms with van der Waals surface area (Å²) >= 11 is 3.23. The van der Waals surface area contributed by atoms with E-state index in [4.69, 9.17) is 0 Å². The first-order valence-electron chi connectivity index (χ1n) is 3.31. The minimum atomic E-state index is 0.0428. The van der Waals surface area contributed by atoms with Crippen molar-refractivity contribution in [1.82, 2.24) is 0 Å². The first-order valence-corrected chi connectivity index (χ1v) is 5.54. The summed E-state index contributed by atoms with van der Waals surface area (Å²) < 4.78 is 0. The van der Waals surface area contributed by atoms with Crippen molar-refractivity contribution in [2.24, 2.45) is 0 Å². The maximum Gasteiger partial charge on any atom is 0.147 e. The van der Waals surface area contributed by atoms with Gasteiger partial charge in [0.05, 0.1) is 5.25 Å². The summed E-state index contributed by atoms with van der Waals surface area (Å²) in [6.45, 7) is 1.64. The average molecular weight is 186 g/mol. The van der Waals surface area contributed by atoms with E-state index >= 15 is 0 Å². The van der Waals surface area contributed by atoms with Crippen molar-refractivity contribution >= 4 is 28.9 Å². The van der Waals surface area contributed by atoms with Crippen molar-refractivity contribution in [3.8, 4) is 0 Å². The van der Waals surface area contributed by atoms with Crippen molar-refractivity contribution in [3.63, 3.8) is 0 Å². The van der Waals surface area contributed by atoms with Gasteiger partial charge in [-0.05, 0) is 35.6 Å². The largest absolute Gasteiger partial charge is 0.298 e. The first kappa shape index (κ1) is 8.81. The summed E-state index contributed by atoms with van der Waals surface area (Å²) in [6, 6.07) is 2.01. The van der Waals surface area contributed by atoms with E-state index in [1.165, 1.54) is 0 Å². The quantitative estimate of drug-likeness (QED) is 0.722. The van der Waals surface area contributed by atoms with Crippen LogP contribution in [0.4, 0.5) is 0 Å². The Kier molecular flexibility index (Phi) is 3.15. The number of thiophene rings is 1. The molecule has 0 amide bonds. The topological polar surface area (TPSA) is 17.1 Å². The Morgan fingerprint density at radius 1 is 1.73 bits per heavy atom. The first-order chi connectivity index (χ1) is 5.25. The lowest BCUT2D eigenvalue weighted by molar-refractivity contribution is -0.116. The monoisotopic (exact) mass is 186 g/mol. The SMILES string of the molecule is CSC(C(C)=O)c1ccsc1. The summed E-state index contributed by atoms with van der Waals surface area (Å²) in [5, 5.41) is 4.07. The fraction of sp³-hybridized carbons (Fsp3) is 0.375. The van der Waals surface area contributed by atoms with Gasteiger partial charge < -0.3 is 0 Å². The van der Waals surface area contributed by atoms with E-state index in [9.17, 15) is 4.79 Å². The summed E-state index contributed by atoms with van der Waals surface area (Å²) in [4.78, 5) is 11.1. The van der Waals surface area contributed by atoms with Gasteiger partial charge in [0, 0.05) is 0 Å². The number of hydrogen-bond acceptors (Lipinski definition) is 3. The third-order valence-electron chi connectivity index (χ3n) is 1.45. The highest BCUT2D eigenvalue weighted by atomic mass is 32.2. The normalized spacial score (nSPS) is 12.9. The Labute approximate surface area is 74.8 Å². The molecule has 0 bridgehead atoms. The highest BCUT2D eigenvalue weighted by Gasteiger charge is 2.14. The van der Waals surface area contributed by atoms with Crippen molar-refractivity contribution < 1.29 is 4.79 Å². The fourth-order valence-corrected chi connectivity index (χ4v) is 2.48. The molecular formula is C8H10OS2. The molecule has 1 atom stereocenters. The number of Topliss-reactive ketones (excluding diaryl/α,β-unsaturated/α-hetero) is 1. The van der Waals surface area contributed by atoms with Crippen LogP contribution in [0.25, 0.3) is 0 Å². The summed E-state index contributed by atoms with van der Waals surface area (Å²) in [7, 11) is 0. The Morgan fingerprint density at radius 3 is 2.82 bits per heavy atom. The lowest BCUT2D eigenvalue weighted by Gasteiger charge is -2.07. The van der Waals surface area contributed by atoms with Gasteiger partial charge in [0.1, 0.15) is 5.78 Å². The highest BCUT2D eigenvalue weighted by molar-refractivity contribution is 7.99. The Balaban J connectivity index is 2.79. The molecule has 60 valence electrons. The van der Waals surface area contributed by atoms with Crippen LogP contribution in [0, 0.1) is 0 Å². The molecule has 0 fully saturated rings. The van der Waals surface area contributed by atoms with Gasteiger partial charge in [0.15, 0.2) is 0 Å². The minimum absolute atomic E-state index is 0.0428. The molecule has 1 heterocycles. The molecule has 3 heteroatoms. The molecule has 0 saturated carbocycles.